The summed E-state index contributed by atoms with van der Waals surface area (Å²) in [5.74, 6) is 1.54. The van der Waals surface area contributed by atoms with Crippen LogP contribution in [-0.4, -0.2) is 8.32 Å². The Morgan fingerprint density at radius 3 is 2.27 bits per heavy atom. The molecular formula is C12H19BrOSi. The van der Waals surface area contributed by atoms with Crippen LogP contribution in [0.1, 0.15) is 25.3 Å². The second-order valence-electron chi connectivity index (χ2n) is 5.05. The normalized spacial score (nSPS) is 11.9. The second kappa shape index (κ2) is 4.70. The molecule has 0 aliphatic heterocycles. The van der Waals surface area contributed by atoms with Crippen LogP contribution in [-0.2, 0) is 0 Å². The van der Waals surface area contributed by atoms with Gasteiger partial charge in [0.15, 0.2) is 0 Å². The first kappa shape index (κ1) is 12.8. The number of halogens is 1. The molecule has 0 saturated heterocycles. The van der Waals surface area contributed by atoms with Crippen molar-refractivity contribution >= 4 is 24.2 Å². The average molecular weight is 287 g/mol. The van der Waals surface area contributed by atoms with Gasteiger partial charge in [0.05, 0.1) is 0 Å². The Hall–Kier alpha value is -0.283. The molecule has 0 unspecified atom stereocenters. The van der Waals surface area contributed by atoms with Crippen LogP contribution >= 0.6 is 15.9 Å². The van der Waals surface area contributed by atoms with Crippen LogP contribution in [0.15, 0.2) is 22.7 Å². The van der Waals surface area contributed by atoms with Gasteiger partial charge in [-0.1, -0.05) is 29.8 Å². The zero-order valence-electron chi connectivity index (χ0n) is 10.1. The van der Waals surface area contributed by atoms with Gasteiger partial charge in [-0.25, -0.2) is 0 Å². The molecule has 1 rings (SSSR count). The molecule has 0 fully saturated rings. The highest BCUT2D eigenvalue weighted by Gasteiger charge is 2.19. The van der Waals surface area contributed by atoms with Gasteiger partial charge in [0.25, 0.3) is 0 Å². The van der Waals surface area contributed by atoms with E-state index in [1.807, 2.05) is 6.07 Å². The van der Waals surface area contributed by atoms with Gasteiger partial charge >= 0.3 is 0 Å². The maximum atomic E-state index is 6.07. The van der Waals surface area contributed by atoms with E-state index in [1.54, 1.807) is 0 Å². The molecule has 0 bridgehead atoms. The van der Waals surface area contributed by atoms with Crippen molar-refractivity contribution in [2.45, 2.75) is 39.4 Å². The molecule has 3 heteroatoms. The summed E-state index contributed by atoms with van der Waals surface area (Å²) in [6, 6.07) is 6.26. The number of hydrogen-bond acceptors (Lipinski definition) is 1. The zero-order valence-corrected chi connectivity index (χ0v) is 12.7. The predicted octanol–water partition coefficient (Wildman–Crippen LogP) is 4.79. The smallest absolute Gasteiger partial charge is 0.242 e. The van der Waals surface area contributed by atoms with E-state index < -0.39 is 8.32 Å². The van der Waals surface area contributed by atoms with Crippen LogP contribution in [0.5, 0.6) is 5.75 Å². The van der Waals surface area contributed by atoms with Crippen LogP contribution in [0.25, 0.3) is 0 Å². The lowest BCUT2D eigenvalue weighted by Crippen LogP contribution is -2.29. The Morgan fingerprint density at radius 2 is 1.80 bits per heavy atom. The monoisotopic (exact) mass is 286 g/mol. The molecule has 1 nitrogen and oxygen atoms in total. The Balaban J connectivity index is 3.06. The molecule has 0 heterocycles. The Labute approximate surface area is 102 Å². The predicted molar refractivity (Wildman–Crippen MR) is 72.2 cm³/mol. The summed E-state index contributed by atoms with van der Waals surface area (Å²) in [4.78, 5) is 0. The summed E-state index contributed by atoms with van der Waals surface area (Å²) in [5, 5.41) is 0. The van der Waals surface area contributed by atoms with E-state index in [9.17, 15) is 0 Å². The lowest BCUT2D eigenvalue weighted by Gasteiger charge is -2.23. The van der Waals surface area contributed by atoms with Crippen LogP contribution < -0.4 is 4.43 Å². The first-order valence-electron chi connectivity index (χ1n) is 5.28. The maximum absolute atomic E-state index is 6.07. The minimum Gasteiger partial charge on any atom is -0.544 e. The molecule has 1 aromatic carbocycles. The van der Waals surface area contributed by atoms with Crippen molar-refractivity contribution < 1.29 is 4.43 Å². The van der Waals surface area contributed by atoms with Gasteiger partial charge in [0, 0.05) is 4.47 Å². The summed E-state index contributed by atoms with van der Waals surface area (Å²) in [6.07, 6.45) is 0. The van der Waals surface area contributed by atoms with Gasteiger partial charge < -0.3 is 4.43 Å². The van der Waals surface area contributed by atoms with Crippen molar-refractivity contribution in [1.29, 1.82) is 0 Å². The van der Waals surface area contributed by atoms with Crippen molar-refractivity contribution in [2.75, 3.05) is 0 Å². The fourth-order valence-electron chi connectivity index (χ4n) is 1.39. The Morgan fingerprint density at radius 1 is 1.20 bits per heavy atom. The third-order valence-electron chi connectivity index (χ3n) is 2.01. The molecule has 0 spiro atoms. The average Bonchev–Trinajstić information content (AvgIpc) is 2.05. The highest BCUT2D eigenvalue weighted by Crippen LogP contribution is 2.31. The maximum Gasteiger partial charge on any atom is 0.242 e. The van der Waals surface area contributed by atoms with Crippen LogP contribution in [0.4, 0.5) is 0 Å². The van der Waals surface area contributed by atoms with Gasteiger partial charge in [0.1, 0.15) is 5.75 Å². The molecule has 84 valence electrons. The van der Waals surface area contributed by atoms with Crippen LogP contribution in [0.2, 0.25) is 19.6 Å². The number of hydrogen-bond donors (Lipinski definition) is 0. The zero-order chi connectivity index (χ0) is 11.6. The molecule has 0 radical (unpaired) electrons. The van der Waals surface area contributed by atoms with Crippen molar-refractivity contribution in [1.82, 2.24) is 0 Å². The summed E-state index contributed by atoms with van der Waals surface area (Å²) in [6.45, 7) is 11.0. The summed E-state index contributed by atoms with van der Waals surface area (Å²) in [7, 11) is -1.51. The second-order valence-corrected chi connectivity index (χ2v) is 10.4. The summed E-state index contributed by atoms with van der Waals surface area (Å²) in [5.41, 5.74) is 1.28. The molecule has 0 amide bonds. The van der Waals surface area contributed by atoms with E-state index in [1.165, 1.54) is 5.56 Å². The standard InChI is InChI=1S/C12H19BrOSi/c1-9(2)11-8-10(13)6-7-12(11)14-15(3,4)5/h6-9H,1-5H3. The van der Waals surface area contributed by atoms with Gasteiger partial charge in [-0.15, -0.1) is 0 Å². The van der Waals surface area contributed by atoms with E-state index in [-0.39, 0.29) is 0 Å². The molecule has 0 aliphatic rings. The van der Waals surface area contributed by atoms with Crippen molar-refractivity contribution in [3.05, 3.63) is 28.2 Å². The van der Waals surface area contributed by atoms with E-state index in [0.29, 0.717) is 5.92 Å². The highest BCUT2D eigenvalue weighted by atomic mass is 79.9. The Kier molecular flexibility index (Phi) is 4.01. The molecule has 0 atom stereocenters. The fourth-order valence-corrected chi connectivity index (χ4v) is 2.62. The molecule has 15 heavy (non-hydrogen) atoms. The van der Waals surface area contributed by atoms with E-state index in [0.717, 1.165) is 10.2 Å². The first-order chi connectivity index (χ1) is 6.79. The van der Waals surface area contributed by atoms with Crippen LogP contribution in [0.3, 0.4) is 0 Å². The van der Waals surface area contributed by atoms with E-state index >= 15 is 0 Å². The molecule has 1 aromatic rings. The molecular weight excluding hydrogens is 268 g/mol. The topological polar surface area (TPSA) is 9.23 Å². The Bertz CT molecular complexity index is 342. The van der Waals surface area contributed by atoms with E-state index in [2.05, 4.69) is 61.6 Å². The van der Waals surface area contributed by atoms with E-state index in [4.69, 9.17) is 4.43 Å². The van der Waals surface area contributed by atoms with Gasteiger partial charge in [-0.2, -0.15) is 0 Å². The lowest BCUT2D eigenvalue weighted by molar-refractivity contribution is 0.544. The molecule has 0 aromatic heterocycles. The van der Waals surface area contributed by atoms with Gasteiger partial charge in [0.2, 0.25) is 8.32 Å². The third kappa shape index (κ3) is 3.99. The first-order valence-corrected chi connectivity index (χ1v) is 9.48. The number of benzene rings is 1. The van der Waals surface area contributed by atoms with Crippen LogP contribution in [0, 0.1) is 0 Å². The fraction of sp³-hybridized carbons (Fsp3) is 0.500. The van der Waals surface area contributed by atoms with Crippen molar-refractivity contribution in [3.63, 3.8) is 0 Å². The third-order valence-corrected chi connectivity index (χ3v) is 3.34. The van der Waals surface area contributed by atoms with Gasteiger partial charge in [-0.05, 0) is 49.3 Å². The molecule has 0 N–H and O–H groups in total. The minimum absolute atomic E-state index is 0.494. The minimum atomic E-state index is -1.51. The quantitative estimate of drug-likeness (QED) is 0.726. The van der Waals surface area contributed by atoms with Crippen molar-refractivity contribution in [2.24, 2.45) is 0 Å². The molecule has 0 aliphatic carbocycles. The van der Waals surface area contributed by atoms with Crippen molar-refractivity contribution in [3.8, 4) is 5.75 Å². The largest absolute Gasteiger partial charge is 0.544 e. The lowest BCUT2D eigenvalue weighted by atomic mass is 10.0. The number of rotatable bonds is 3. The SMILES string of the molecule is CC(C)c1cc(Br)ccc1O[Si](C)(C)C. The summed E-state index contributed by atoms with van der Waals surface area (Å²) < 4.78 is 7.19. The van der Waals surface area contributed by atoms with Gasteiger partial charge in [-0.3, -0.25) is 0 Å². The molecule has 0 saturated carbocycles. The highest BCUT2D eigenvalue weighted by molar-refractivity contribution is 9.10. The summed E-state index contributed by atoms with van der Waals surface area (Å²) >= 11 is 3.50.